The SMILES string of the molecule is CCc1cccc(NC(=O)CSc2ccc(NC(C)=O)cc2)c1. The molecule has 5 heteroatoms. The van der Waals surface area contributed by atoms with Crippen LogP contribution in [0.1, 0.15) is 19.4 Å². The topological polar surface area (TPSA) is 58.2 Å². The number of nitrogens with one attached hydrogen (secondary N) is 2. The minimum Gasteiger partial charge on any atom is -0.326 e. The van der Waals surface area contributed by atoms with E-state index in [1.54, 1.807) is 0 Å². The van der Waals surface area contributed by atoms with E-state index in [4.69, 9.17) is 0 Å². The van der Waals surface area contributed by atoms with Gasteiger partial charge in [0.2, 0.25) is 11.8 Å². The summed E-state index contributed by atoms with van der Waals surface area (Å²) in [5.41, 5.74) is 2.78. The van der Waals surface area contributed by atoms with Crippen LogP contribution in [0.3, 0.4) is 0 Å². The standard InChI is InChI=1S/C18H20N2O2S/c1-3-14-5-4-6-16(11-14)20-18(22)12-23-17-9-7-15(8-10-17)19-13(2)21/h4-11H,3,12H2,1-2H3,(H,19,21)(H,20,22). The van der Waals surface area contributed by atoms with Crippen molar-refractivity contribution in [1.82, 2.24) is 0 Å². The van der Waals surface area contributed by atoms with Crippen LogP contribution in [0.2, 0.25) is 0 Å². The molecule has 0 saturated heterocycles. The summed E-state index contributed by atoms with van der Waals surface area (Å²) in [5, 5.41) is 5.62. The first-order chi connectivity index (χ1) is 11.1. The van der Waals surface area contributed by atoms with Crippen molar-refractivity contribution in [3.63, 3.8) is 0 Å². The minimum atomic E-state index is -0.0981. The number of hydrogen-bond acceptors (Lipinski definition) is 3. The Morgan fingerprint density at radius 2 is 1.74 bits per heavy atom. The molecule has 0 heterocycles. The number of hydrogen-bond donors (Lipinski definition) is 2. The lowest BCUT2D eigenvalue weighted by atomic mass is 10.1. The zero-order valence-electron chi connectivity index (χ0n) is 13.3. The smallest absolute Gasteiger partial charge is 0.234 e. The van der Waals surface area contributed by atoms with Gasteiger partial charge in [0, 0.05) is 23.2 Å². The van der Waals surface area contributed by atoms with Crippen LogP contribution in [0.5, 0.6) is 0 Å². The highest BCUT2D eigenvalue weighted by Crippen LogP contribution is 2.21. The summed E-state index contributed by atoms with van der Waals surface area (Å²) in [5.74, 6) is 0.212. The Bertz CT molecular complexity index is 684. The lowest BCUT2D eigenvalue weighted by Crippen LogP contribution is -2.14. The van der Waals surface area contributed by atoms with E-state index in [9.17, 15) is 9.59 Å². The van der Waals surface area contributed by atoms with Crippen LogP contribution in [0.15, 0.2) is 53.4 Å². The van der Waals surface area contributed by atoms with Crippen molar-refractivity contribution >= 4 is 35.0 Å². The summed E-state index contributed by atoms with van der Waals surface area (Å²) in [6, 6.07) is 15.3. The Morgan fingerprint density at radius 3 is 2.39 bits per heavy atom. The van der Waals surface area contributed by atoms with Gasteiger partial charge in [-0.15, -0.1) is 11.8 Å². The summed E-state index contributed by atoms with van der Waals surface area (Å²) in [6.45, 7) is 3.56. The molecule has 0 aromatic heterocycles. The molecule has 2 amide bonds. The van der Waals surface area contributed by atoms with Crippen molar-refractivity contribution in [2.45, 2.75) is 25.2 Å². The Morgan fingerprint density at radius 1 is 1.00 bits per heavy atom. The molecule has 23 heavy (non-hydrogen) atoms. The molecule has 0 bridgehead atoms. The third-order valence-electron chi connectivity index (χ3n) is 3.16. The summed E-state index contributed by atoms with van der Waals surface area (Å²) in [7, 11) is 0. The summed E-state index contributed by atoms with van der Waals surface area (Å²) < 4.78 is 0. The lowest BCUT2D eigenvalue weighted by molar-refractivity contribution is -0.114. The number of rotatable bonds is 6. The molecule has 2 N–H and O–H groups in total. The highest BCUT2D eigenvalue weighted by Gasteiger charge is 2.05. The molecule has 0 aliphatic carbocycles. The quantitative estimate of drug-likeness (QED) is 0.790. The van der Waals surface area contributed by atoms with E-state index in [2.05, 4.69) is 17.6 Å². The molecule has 120 valence electrons. The number of aryl methyl sites for hydroxylation is 1. The Kier molecular flexibility index (Phi) is 6.23. The van der Waals surface area contributed by atoms with Gasteiger partial charge in [-0.25, -0.2) is 0 Å². The van der Waals surface area contributed by atoms with Crippen LogP contribution in [-0.2, 0) is 16.0 Å². The maximum atomic E-state index is 12.0. The number of thioether (sulfide) groups is 1. The van der Waals surface area contributed by atoms with Gasteiger partial charge in [0.1, 0.15) is 0 Å². The second-order valence-electron chi connectivity index (χ2n) is 5.10. The van der Waals surface area contributed by atoms with E-state index in [1.165, 1.54) is 24.2 Å². The fraction of sp³-hybridized carbons (Fsp3) is 0.222. The molecule has 0 atom stereocenters. The molecular weight excluding hydrogens is 308 g/mol. The third-order valence-corrected chi connectivity index (χ3v) is 4.18. The van der Waals surface area contributed by atoms with Gasteiger partial charge in [-0.2, -0.15) is 0 Å². The van der Waals surface area contributed by atoms with Crippen LogP contribution >= 0.6 is 11.8 Å². The van der Waals surface area contributed by atoms with Crippen molar-refractivity contribution in [1.29, 1.82) is 0 Å². The largest absolute Gasteiger partial charge is 0.326 e. The lowest BCUT2D eigenvalue weighted by Gasteiger charge is -2.07. The maximum Gasteiger partial charge on any atom is 0.234 e. The van der Waals surface area contributed by atoms with E-state index >= 15 is 0 Å². The normalized spacial score (nSPS) is 10.2. The number of amides is 2. The van der Waals surface area contributed by atoms with Gasteiger partial charge >= 0.3 is 0 Å². The monoisotopic (exact) mass is 328 g/mol. The van der Waals surface area contributed by atoms with Gasteiger partial charge in [-0.05, 0) is 48.4 Å². The zero-order chi connectivity index (χ0) is 16.7. The molecule has 0 aliphatic heterocycles. The molecule has 2 aromatic rings. The van der Waals surface area contributed by atoms with Gasteiger partial charge < -0.3 is 10.6 Å². The Hall–Kier alpha value is -2.27. The van der Waals surface area contributed by atoms with Crippen molar-refractivity contribution in [3.8, 4) is 0 Å². The molecule has 0 unspecified atom stereocenters. The second-order valence-corrected chi connectivity index (χ2v) is 6.15. The first kappa shape index (κ1) is 17.1. The molecule has 2 rings (SSSR count). The van der Waals surface area contributed by atoms with Crippen LogP contribution < -0.4 is 10.6 Å². The average Bonchev–Trinajstić information content (AvgIpc) is 2.54. The van der Waals surface area contributed by atoms with E-state index in [-0.39, 0.29) is 11.8 Å². The van der Waals surface area contributed by atoms with Crippen molar-refractivity contribution in [2.75, 3.05) is 16.4 Å². The van der Waals surface area contributed by atoms with Crippen molar-refractivity contribution in [3.05, 3.63) is 54.1 Å². The fourth-order valence-corrected chi connectivity index (χ4v) is 2.75. The van der Waals surface area contributed by atoms with Gasteiger partial charge in [-0.3, -0.25) is 9.59 Å². The maximum absolute atomic E-state index is 12.0. The van der Waals surface area contributed by atoms with Gasteiger partial charge in [0.25, 0.3) is 0 Å². The number of anilines is 2. The highest BCUT2D eigenvalue weighted by atomic mass is 32.2. The first-order valence-corrected chi connectivity index (χ1v) is 8.44. The van der Waals surface area contributed by atoms with Gasteiger partial charge in [0.05, 0.1) is 5.75 Å². The highest BCUT2D eigenvalue weighted by molar-refractivity contribution is 8.00. The Labute approximate surface area is 140 Å². The molecule has 2 aromatic carbocycles. The van der Waals surface area contributed by atoms with Crippen LogP contribution in [0.4, 0.5) is 11.4 Å². The predicted octanol–water partition coefficient (Wildman–Crippen LogP) is 3.94. The second kappa shape index (κ2) is 8.39. The van der Waals surface area contributed by atoms with Gasteiger partial charge in [0.15, 0.2) is 0 Å². The average molecular weight is 328 g/mol. The van der Waals surface area contributed by atoms with E-state index in [0.717, 1.165) is 22.7 Å². The van der Waals surface area contributed by atoms with Crippen LogP contribution in [0, 0.1) is 0 Å². The summed E-state index contributed by atoms with van der Waals surface area (Å²) in [4.78, 5) is 24.0. The van der Waals surface area contributed by atoms with Crippen LogP contribution in [-0.4, -0.2) is 17.6 Å². The zero-order valence-corrected chi connectivity index (χ0v) is 14.1. The number of carbonyl (C=O) groups excluding carboxylic acids is 2. The van der Waals surface area contributed by atoms with Gasteiger partial charge in [-0.1, -0.05) is 19.1 Å². The molecule has 0 aliphatic rings. The molecule has 0 radical (unpaired) electrons. The Balaban J connectivity index is 1.85. The van der Waals surface area contributed by atoms with E-state index < -0.39 is 0 Å². The summed E-state index contributed by atoms with van der Waals surface area (Å²) in [6.07, 6.45) is 0.944. The number of carbonyl (C=O) groups is 2. The van der Waals surface area contributed by atoms with Crippen molar-refractivity contribution in [2.24, 2.45) is 0 Å². The third kappa shape index (κ3) is 5.79. The molecule has 0 spiro atoms. The van der Waals surface area contributed by atoms with Crippen molar-refractivity contribution < 1.29 is 9.59 Å². The molecular formula is C18H20N2O2S. The molecule has 0 fully saturated rings. The predicted molar refractivity (Wildman–Crippen MR) is 95.9 cm³/mol. The summed E-state index contributed by atoms with van der Waals surface area (Å²) >= 11 is 1.46. The minimum absolute atomic E-state index is 0.0332. The molecule has 0 saturated carbocycles. The van der Waals surface area contributed by atoms with Crippen LogP contribution in [0.25, 0.3) is 0 Å². The van der Waals surface area contributed by atoms with E-state index in [0.29, 0.717) is 5.75 Å². The number of benzene rings is 2. The fourth-order valence-electron chi connectivity index (χ4n) is 2.05. The first-order valence-electron chi connectivity index (χ1n) is 7.46. The molecule has 4 nitrogen and oxygen atoms in total. The van der Waals surface area contributed by atoms with E-state index in [1.807, 2.05) is 48.5 Å².